The number of rotatable bonds is 2. The van der Waals surface area contributed by atoms with Gasteiger partial charge in [-0.25, -0.2) is 8.78 Å². The summed E-state index contributed by atoms with van der Waals surface area (Å²) in [4.78, 5) is 1.02. The van der Waals surface area contributed by atoms with Crippen molar-refractivity contribution in [3.05, 3.63) is 29.6 Å². The second kappa shape index (κ2) is 4.49. The molecule has 0 aromatic heterocycles. The molecule has 0 aliphatic carbocycles. The predicted octanol–water partition coefficient (Wildman–Crippen LogP) is 2.92. The Bertz CT molecular complexity index is 356. The second-order valence-corrected chi connectivity index (χ2v) is 4.53. The molecule has 1 aromatic carbocycles. The van der Waals surface area contributed by atoms with Crippen LogP contribution in [0.15, 0.2) is 23.1 Å². The standard InChI is InChI=1S/C11H13F2NS/c1-15-11-3-2-7(12)4-9(11)10-5-8(13)6-14-10/h2-4,8,10,14H,5-6H2,1H3/t8-,10+/m0/s1. The molecular weight excluding hydrogens is 216 g/mol. The highest BCUT2D eigenvalue weighted by Crippen LogP contribution is 2.32. The summed E-state index contributed by atoms with van der Waals surface area (Å²) in [6.45, 7) is 0.370. The van der Waals surface area contributed by atoms with Crippen molar-refractivity contribution < 1.29 is 8.78 Å². The van der Waals surface area contributed by atoms with Crippen molar-refractivity contribution in [3.63, 3.8) is 0 Å². The van der Waals surface area contributed by atoms with Crippen LogP contribution in [0.25, 0.3) is 0 Å². The van der Waals surface area contributed by atoms with Crippen LogP contribution in [-0.4, -0.2) is 19.0 Å². The number of halogens is 2. The maximum absolute atomic E-state index is 13.1. The topological polar surface area (TPSA) is 12.0 Å². The van der Waals surface area contributed by atoms with Gasteiger partial charge in [0, 0.05) is 17.5 Å². The maximum atomic E-state index is 13.1. The maximum Gasteiger partial charge on any atom is 0.123 e. The van der Waals surface area contributed by atoms with Gasteiger partial charge in [-0.15, -0.1) is 11.8 Å². The average Bonchev–Trinajstić information content (AvgIpc) is 2.65. The van der Waals surface area contributed by atoms with Crippen LogP contribution in [-0.2, 0) is 0 Å². The van der Waals surface area contributed by atoms with E-state index in [2.05, 4.69) is 5.32 Å². The van der Waals surface area contributed by atoms with Crippen molar-refractivity contribution in [2.45, 2.75) is 23.5 Å². The van der Waals surface area contributed by atoms with E-state index in [0.717, 1.165) is 10.5 Å². The Morgan fingerprint density at radius 1 is 1.47 bits per heavy atom. The van der Waals surface area contributed by atoms with Gasteiger partial charge in [0.2, 0.25) is 0 Å². The Kier molecular flexibility index (Phi) is 3.26. The Morgan fingerprint density at radius 2 is 2.27 bits per heavy atom. The van der Waals surface area contributed by atoms with Crippen LogP contribution in [0, 0.1) is 5.82 Å². The molecule has 2 atom stereocenters. The summed E-state index contributed by atoms with van der Waals surface area (Å²) in [7, 11) is 0. The molecular formula is C11H13F2NS. The van der Waals surface area contributed by atoms with E-state index in [1.165, 1.54) is 12.1 Å². The van der Waals surface area contributed by atoms with Crippen molar-refractivity contribution in [1.82, 2.24) is 5.32 Å². The van der Waals surface area contributed by atoms with Gasteiger partial charge >= 0.3 is 0 Å². The Hall–Kier alpha value is -0.610. The zero-order valence-electron chi connectivity index (χ0n) is 8.47. The molecule has 1 N–H and O–H groups in total. The highest BCUT2D eigenvalue weighted by molar-refractivity contribution is 7.98. The molecule has 1 aliphatic rings. The molecule has 1 saturated heterocycles. The first-order valence-corrected chi connectivity index (χ1v) is 6.14. The lowest BCUT2D eigenvalue weighted by Gasteiger charge is -2.14. The minimum atomic E-state index is -0.812. The van der Waals surface area contributed by atoms with Gasteiger partial charge in [-0.3, -0.25) is 0 Å². The number of hydrogen-bond acceptors (Lipinski definition) is 2. The van der Waals surface area contributed by atoms with Gasteiger partial charge in [0.15, 0.2) is 0 Å². The molecule has 0 radical (unpaired) electrons. The molecule has 0 saturated carbocycles. The van der Waals surface area contributed by atoms with Crippen molar-refractivity contribution in [2.24, 2.45) is 0 Å². The fourth-order valence-electron chi connectivity index (χ4n) is 1.91. The fraction of sp³-hybridized carbons (Fsp3) is 0.455. The van der Waals surface area contributed by atoms with Crippen LogP contribution >= 0.6 is 11.8 Å². The number of benzene rings is 1. The number of hydrogen-bond donors (Lipinski definition) is 1. The van der Waals surface area contributed by atoms with Crippen LogP contribution in [0.3, 0.4) is 0 Å². The first kappa shape index (κ1) is 10.9. The largest absolute Gasteiger partial charge is 0.307 e. The van der Waals surface area contributed by atoms with E-state index in [1.54, 1.807) is 17.8 Å². The minimum Gasteiger partial charge on any atom is -0.307 e. The summed E-state index contributed by atoms with van der Waals surface area (Å²) < 4.78 is 26.1. The Balaban J connectivity index is 2.29. The Labute approximate surface area is 92.3 Å². The average molecular weight is 229 g/mol. The molecule has 1 aromatic rings. The molecule has 1 fully saturated rings. The normalized spacial score (nSPS) is 25.8. The quantitative estimate of drug-likeness (QED) is 0.783. The van der Waals surface area contributed by atoms with Crippen molar-refractivity contribution in [2.75, 3.05) is 12.8 Å². The van der Waals surface area contributed by atoms with E-state index in [0.29, 0.717) is 13.0 Å². The SMILES string of the molecule is CSc1ccc(F)cc1[C@H]1C[C@H](F)CN1. The van der Waals surface area contributed by atoms with Gasteiger partial charge in [-0.1, -0.05) is 0 Å². The molecule has 15 heavy (non-hydrogen) atoms. The van der Waals surface area contributed by atoms with Crippen molar-refractivity contribution in [1.29, 1.82) is 0 Å². The smallest absolute Gasteiger partial charge is 0.123 e. The lowest BCUT2D eigenvalue weighted by Crippen LogP contribution is -2.14. The summed E-state index contributed by atoms with van der Waals surface area (Å²) in [5.41, 5.74) is 0.877. The van der Waals surface area contributed by atoms with Crippen molar-refractivity contribution >= 4 is 11.8 Å². The monoisotopic (exact) mass is 229 g/mol. The van der Waals surface area contributed by atoms with Gasteiger partial charge in [0.25, 0.3) is 0 Å². The third kappa shape index (κ3) is 2.32. The van der Waals surface area contributed by atoms with Gasteiger partial charge in [0.05, 0.1) is 0 Å². The molecule has 0 unspecified atom stereocenters. The first-order chi connectivity index (χ1) is 7.20. The van der Waals surface area contributed by atoms with Gasteiger partial charge in [-0.05, 0) is 36.4 Å². The summed E-state index contributed by atoms with van der Waals surface area (Å²) in [6, 6.07) is 4.65. The van der Waals surface area contributed by atoms with Crippen LogP contribution in [0.1, 0.15) is 18.0 Å². The van der Waals surface area contributed by atoms with E-state index in [-0.39, 0.29) is 11.9 Å². The summed E-state index contributed by atoms with van der Waals surface area (Å²) >= 11 is 1.56. The minimum absolute atomic E-state index is 0.0434. The summed E-state index contributed by atoms with van der Waals surface area (Å²) in [6.07, 6.45) is 1.57. The van der Waals surface area contributed by atoms with E-state index >= 15 is 0 Å². The molecule has 2 rings (SSSR count). The van der Waals surface area contributed by atoms with Crippen LogP contribution in [0.4, 0.5) is 8.78 Å². The number of alkyl halides is 1. The molecule has 82 valence electrons. The van der Waals surface area contributed by atoms with Crippen LogP contribution in [0.5, 0.6) is 0 Å². The molecule has 1 aliphatic heterocycles. The van der Waals surface area contributed by atoms with Gasteiger partial charge in [-0.2, -0.15) is 0 Å². The van der Waals surface area contributed by atoms with E-state index in [4.69, 9.17) is 0 Å². The lowest BCUT2D eigenvalue weighted by atomic mass is 10.0. The number of nitrogens with one attached hydrogen (secondary N) is 1. The Morgan fingerprint density at radius 3 is 2.87 bits per heavy atom. The third-order valence-corrected chi connectivity index (χ3v) is 3.46. The predicted molar refractivity (Wildman–Crippen MR) is 58.4 cm³/mol. The van der Waals surface area contributed by atoms with Gasteiger partial charge < -0.3 is 5.32 Å². The van der Waals surface area contributed by atoms with Crippen molar-refractivity contribution in [3.8, 4) is 0 Å². The summed E-state index contributed by atoms with van der Waals surface area (Å²) in [5, 5.41) is 3.07. The van der Waals surface area contributed by atoms with E-state index in [9.17, 15) is 8.78 Å². The van der Waals surface area contributed by atoms with E-state index in [1.807, 2.05) is 6.26 Å². The zero-order valence-corrected chi connectivity index (χ0v) is 9.28. The van der Waals surface area contributed by atoms with E-state index < -0.39 is 6.17 Å². The second-order valence-electron chi connectivity index (χ2n) is 3.68. The fourth-order valence-corrected chi connectivity index (χ4v) is 2.55. The molecule has 0 amide bonds. The zero-order chi connectivity index (χ0) is 10.8. The highest BCUT2D eigenvalue weighted by Gasteiger charge is 2.26. The number of thioether (sulfide) groups is 1. The summed E-state index contributed by atoms with van der Waals surface area (Å²) in [5.74, 6) is -0.257. The molecule has 1 nitrogen and oxygen atoms in total. The third-order valence-electron chi connectivity index (χ3n) is 2.64. The van der Waals surface area contributed by atoms with Gasteiger partial charge in [0.1, 0.15) is 12.0 Å². The van der Waals surface area contributed by atoms with Crippen LogP contribution < -0.4 is 5.32 Å². The molecule has 1 heterocycles. The molecule has 0 spiro atoms. The first-order valence-electron chi connectivity index (χ1n) is 4.91. The highest BCUT2D eigenvalue weighted by atomic mass is 32.2. The molecule has 0 bridgehead atoms. The molecule has 4 heteroatoms. The van der Waals surface area contributed by atoms with Crippen LogP contribution in [0.2, 0.25) is 0 Å². The lowest BCUT2D eigenvalue weighted by molar-refractivity contribution is 0.355.